The fourth-order valence-corrected chi connectivity index (χ4v) is 1.68. The van der Waals surface area contributed by atoms with Crippen molar-refractivity contribution in [2.24, 2.45) is 5.73 Å². The Bertz CT molecular complexity index is 330. The van der Waals surface area contributed by atoms with Gasteiger partial charge in [-0.3, -0.25) is 0 Å². The molecule has 0 aliphatic heterocycles. The van der Waals surface area contributed by atoms with Crippen molar-refractivity contribution in [3.05, 3.63) is 33.8 Å². The first-order chi connectivity index (χ1) is 7.04. The molecule has 1 rings (SSSR count). The van der Waals surface area contributed by atoms with Gasteiger partial charge in [0.2, 0.25) is 0 Å². The van der Waals surface area contributed by atoms with Crippen LogP contribution in [0.3, 0.4) is 0 Å². The fourth-order valence-electron chi connectivity index (χ4n) is 1.29. The molecular formula is C11H15Cl2NO. The second-order valence-corrected chi connectivity index (χ2v) is 4.39. The average Bonchev–Trinajstić information content (AvgIpc) is 2.22. The van der Waals surface area contributed by atoms with Crippen molar-refractivity contribution in [1.29, 1.82) is 0 Å². The van der Waals surface area contributed by atoms with Gasteiger partial charge in [-0.15, -0.1) is 0 Å². The normalized spacial score (nSPS) is 15.0. The van der Waals surface area contributed by atoms with E-state index < -0.39 is 0 Å². The molecular weight excluding hydrogens is 233 g/mol. The SMILES string of the molecule is COC(C)C(N)Cc1cc(Cl)ccc1Cl. The third-order valence-electron chi connectivity index (χ3n) is 2.44. The van der Waals surface area contributed by atoms with E-state index in [0.29, 0.717) is 16.5 Å². The topological polar surface area (TPSA) is 35.2 Å². The minimum atomic E-state index is -0.0778. The standard InChI is InChI=1S/C11H15Cl2NO/c1-7(15-2)11(14)6-8-5-9(12)3-4-10(8)13/h3-5,7,11H,6,14H2,1-2H3. The minimum Gasteiger partial charge on any atom is -0.380 e. The van der Waals surface area contributed by atoms with E-state index in [1.165, 1.54) is 0 Å². The lowest BCUT2D eigenvalue weighted by atomic mass is 10.0. The van der Waals surface area contributed by atoms with Crippen molar-refractivity contribution in [3.8, 4) is 0 Å². The number of methoxy groups -OCH3 is 1. The van der Waals surface area contributed by atoms with Crippen molar-refractivity contribution >= 4 is 23.2 Å². The van der Waals surface area contributed by atoms with Crippen LogP contribution < -0.4 is 5.73 Å². The lowest BCUT2D eigenvalue weighted by Crippen LogP contribution is -2.35. The highest BCUT2D eigenvalue weighted by Crippen LogP contribution is 2.22. The summed E-state index contributed by atoms with van der Waals surface area (Å²) in [6.45, 7) is 1.93. The number of hydrogen-bond donors (Lipinski definition) is 1. The summed E-state index contributed by atoms with van der Waals surface area (Å²) in [7, 11) is 1.64. The van der Waals surface area contributed by atoms with E-state index in [-0.39, 0.29) is 12.1 Å². The van der Waals surface area contributed by atoms with Crippen molar-refractivity contribution in [1.82, 2.24) is 0 Å². The Balaban J connectivity index is 2.75. The molecule has 15 heavy (non-hydrogen) atoms. The lowest BCUT2D eigenvalue weighted by molar-refractivity contribution is 0.0956. The average molecular weight is 248 g/mol. The molecule has 0 fully saturated rings. The highest BCUT2D eigenvalue weighted by atomic mass is 35.5. The first-order valence-electron chi connectivity index (χ1n) is 4.77. The van der Waals surface area contributed by atoms with E-state index in [0.717, 1.165) is 5.56 Å². The van der Waals surface area contributed by atoms with Crippen LogP contribution in [-0.4, -0.2) is 19.3 Å². The van der Waals surface area contributed by atoms with E-state index in [2.05, 4.69) is 0 Å². The molecule has 2 unspecified atom stereocenters. The second-order valence-electron chi connectivity index (χ2n) is 3.54. The summed E-state index contributed by atoms with van der Waals surface area (Å²) in [5, 5.41) is 1.37. The van der Waals surface area contributed by atoms with Crippen molar-refractivity contribution in [2.75, 3.05) is 7.11 Å². The molecule has 0 aromatic heterocycles. The Labute approximate surface area is 100 Å². The quantitative estimate of drug-likeness (QED) is 0.889. The Kier molecular flexibility index (Phi) is 4.87. The van der Waals surface area contributed by atoms with Crippen LogP contribution in [0.1, 0.15) is 12.5 Å². The van der Waals surface area contributed by atoms with E-state index in [4.69, 9.17) is 33.7 Å². The molecule has 0 heterocycles. The molecule has 84 valence electrons. The molecule has 0 saturated heterocycles. The molecule has 2 N–H and O–H groups in total. The molecule has 1 aromatic carbocycles. The van der Waals surface area contributed by atoms with Crippen LogP contribution in [0, 0.1) is 0 Å². The number of benzene rings is 1. The maximum absolute atomic E-state index is 6.03. The molecule has 0 amide bonds. The van der Waals surface area contributed by atoms with Gasteiger partial charge in [-0.1, -0.05) is 23.2 Å². The Hall–Kier alpha value is -0.280. The zero-order valence-electron chi connectivity index (χ0n) is 8.84. The summed E-state index contributed by atoms with van der Waals surface area (Å²) in [4.78, 5) is 0. The highest BCUT2D eigenvalue weighted by molar-refractivity contribution is 6.33. The van der Waals surface area contributed by atoms with Crippen LogP contribution in [0.15, 0.2) is 18.2 Å². The third kappa shape index (κ3) is 3.65. The maximum atomic E-state index is 6.03. The molecule has 0 aliphatic rings. The summed E-state index contributed by atoms with van der Waals surface area (Å²) < 4.78 is 5.15. The predicted octanol–water partition coefficient (Wildman–Crippen LogP) is 2.90. The van der Waals surface area contributed by atoms with Crippen LogP contribution >= 0.6 is 23.2 Å². The number of ether oxygens (including phenoxy) is 1. The monoisotopic (exact) mass is 247 g/mol. The summed E-state index contributed by atoms with van der Waals surface area (Å²) in [6, 6.07) is 5.31. The Morgan fingerprint density at radius 2 is 2.07 bits per heavy atom. The van der Waals surface area contributed by atoms with Crippen molar-refractivity contribution in [3.63, 3.8) is 0 Å². The molecule has 0 spiro atoms. The first kappa shape index (κ1) is 12.8. The van der Waals surface area contributed by atoms with Gasteiger partial charge in [0.25, 0.3) is 0 Å². The minimum absolute atomic E-state index is 0.0000447. The highest BCUT2D eigenvalue weighted by Gasteiger charge is 2.14. The van der Waals surface area contributed by atoms with Gasteiger partial charge < -0.3 is 10.5 Å². The summed E-state index contributed by atoms with van der Waals surface area (Å²) >= 11 is 11.9. The number of rotatable bonds is 4. The fraction of sp³-hybridized carbons (Fsp3) is 0.455. The Morgan fingerprint density at radius 3 is 2.67 bits per heavy atom. The molecule has 2 atom stereocenters. The summed E-state index contributed by atoms with van der Waals surface area (Å²) in [5.41, 5.74) is 6.91. The summed E-state index contributed by atoms with van der Waals surface area (Å²) in [5.74, 6) is 0. The molecule has 0 radical (unpaired) electrons. The third-order valence-corrected chi connectivity index (χ3v) is 3.04. The van der Waals surface area contributed by atoms with Gasteiger partial charge >= 0.3 is 0 Å². The van der Waals surface area contributed by atoms with Gasteiger partial charge in [-0.05, 0) is 37.1 Å². The largest absolute Gasteiger partial charge is 0.380 e. The van der Waals surface area contributed by atoms with Crippen LogP contribution in [-0.2, 0) is 11.2 Å². The van der Waals surface area contributed by atoms with Gasteiger partial charge in [-0.2, -0.15) is 0 Å². The smallest absolute Gasteiger partial charge is 0.0697 e. The van der Waals surface area contributed by atoms with Crippen LogP contribution in [0.25, 0.3) is 0 Å². The molecule has 4 heteroatoms. The number of nitrogens with two attached hydrogens (primary N) is 1. The Morgan fingerprint density at radius 1 is 1.40 bits per heavy atom. The number of halogens is 2. The van der Waals surface area contributed by atoms with Crippen LogP contribution in [0.2, 0.25) is 10.0 Å². The second kappa shape index (κ2) is 5.71. The molecule has 0 bridgehead atoms. The van der Waals surface area contributed by atoms with Crippen LogP contribution in [0.5, 0.6) is 0 Å². The van der Waals surface area contributed by atoms with E-state index in [1.54, 1.807) is 19.2 Å². The van der Waals surface area contributed by atoms with Gasteiger partial charge in [0.15, 0.2) is 0 Å². The predicted molar refractivity (Wildman–Crippen MR) is 64.6 cm³/mol. The zero-order chi connectivity index (χ0) is 11.4. The van der Waals surface area contributed by atoms with Gasteiger partial charge in [0.05, 0.1) is 6.10 Å². The lowest BCUT2D eigenvalue weighted by Gasteiger charge is -2.19. The van der Waals surface area contributed by atoms with E-state index in [9.17, 15) is 0 Å². The zero-order valence-corrected chi connectivity index (χ0v) is 10.3. The molecule has 2 nitrogen and oxygen atoms in total. The van der Waals surface area contributed by atoms with E-state index in [1.807, 2.05) is 13.0 Å². The molecule has 1 aromatic rings. The molecule has 0 saturated carbocycles. The van der Waals surface area contributed by atoms with Gasteiger partial charge in [0, 0.05) is 23.2 Å². The first-order valence-corrected chi connectivity index (χ1v) is 5.52. The van der Waals surface area contributed by atoms with Crippen molar-refractivity contribution < 1.29 is 4.74 Å². The summed E-state index contributed by atoms with van der Waals surface area (Å²) in [6.07, 6.45) is 0.661. The number of hydrogen-bond acceptors (Lipinski definition) is 2. The molecule has 0 aliphatic carbocycles. The van der Waals surface area contributed by atoms with Gasteiger partial charge in [0.1, 0.15) is 0 Å². The van der Waals surface area contributed by atoms with Crippen molar-refractivity contribution in [2.45, 2.75) is 25.5 Å². The van der Waals surface area contributed by atoms with E-state index >= 15 is 0 Å². The maximum Gasteiger partial charge on any atom is 0.0697 e. The van der Waals surface area contributed by atoms with Crippen LogP contribution in [0.4, 0.5) is 0 Å². The van der Waals surface area contributed by atoms with Gasteiger partial charge in [-0.25, -0.2) is 0 Å².